The van der Waals surface area contributed by atoms with Crippen molar-refractivity contribution in [1.82, 2.24) is 0 Å². The number of carbonyl (C=O) groups excluding carboxylic acids is 2. The third kappa shape index (κ3) is 6.14. The van der Waals surface area contributed by atoms with Crippen molar-refractivity contribution in [3.05, 3.63) is 59.7 Å². The number of rotatable bonds is 8. The maximum Gasteiger partial charge on any atom is 0.317 e. The van der Waals surface area contributed by atoms with Crippen molar-refractivity contribution in [2.75, 3.05) is 11.1 Å². The Morgan fingerprint density at radius 1 is 1.07 bits per heavy atom. The maximum absolute atomic E-state index is 12.4. The zero-order valence-corrected chi connectivity index (χ0v) is 17.1. The molecule has 1 N–H and O–H groups in total. The SMILES string of the molecule is CC[C@@H](C)c1ccccc1NC(=O)[C@@H](C)OC(=O)CSc1ccccc1C. The Kier molecular flexibility index (Phi) is 7.92. The molecule has 0 bridgehead atoms. The summed E-state index contributed by atoms with van der Waals surface area (Å²) >= 11 is 1.42. The van der Waals surface area contributed by atoms with E-state index in [2.05, 4.69) is 19.2 Å². The van der Waals surface area contributed by atoms with Crippen LogP contribution in [-0.2, 0) is 14.3 Å². The molecule has 27 heavy (non-hydrogen) atoms. The maximum atomic E-state index is 12.4. The molecule has 5 heteroatoms. The number of esters is 1. The number of carbonyl (C=O) groups is 2. The first-order chi connectivity index (χ1) is 12.9. The molecule has 0 aromatic heterocycles. The van der Waals surface area contributed by atoms with Gasteiger partial charge in [-0.15, -0.1) is 11.8 Å². The molecule has 0 fully saturated rings. The van der Waals surface area contributed by atoms with Crippen LogP contribution >= 0.6 is 11.8 Å². The number of hydrogen-bond donors (Lipinski definition) is 1. The third-order valence-corrected chi connectivity index (χ3v) is 5.63. The predicted octanol–water partition coefficient (Wildman–Crippen LogP) is 5.17. The fourth-order valence-corrected chi connectivity index (χ4v) is 3.45. The Bertz CT molecular complexity index is 791. The Balaban J connectivity index is 1.90. The Morgan fingerprint density at radius 3 is 2.44 bits per heavy atom. The summed E-state index contributed by atoms with van der Waals surface area (Å²) in [6.07, 6.45) is 0.132. The van der Waals surface area contributed by atoms with Gasteiger partial charge < -0.3 is 10.1 Å². The summed E-state index contributed by atoms with van der Waals surface area (Å²) in [6.45, 7) is 7.83. The minimum Gasteiger partial charge on any atom is -0.452 e. The van der Waals surface area contributed by atoms with Crippen LogP contribution in [0.25, 0.3) is 0 Å². The van der Waals surface area contributed by atoms with Crippen LogP contribution in [0.2, 0.25) is 0 Å². The lowest BCUT2D eigenvalue weighted by Gasteiger charge is -2.18. The molecule has 0 spiro atoms. The number of aryl methyl sites for hydroxylation is 1. The highest BCUT2D eigenvalue weighted by atomic mass is 32.2. The monoisotopic (exact) mass is 385 g/mol. The van der Waals surface area contributed by atoms with Crippen LogP contribution in [0.5, 0.6) is 0 Å². The average Bonchev–Trinajstić information content (AvgIpc) is 2.67. The van der Waals surface area contributed by atoms with E-state index >= 15 is 0 Å². The van der Waals surface area contributed by atoms with Gasteiger partial charge in [0.2, 0.25) is 0 Å². The lowest BCUT2D eigenvalue weighted by Crippen LogP contribution is -2.31. The second-order valence-corrected chi connectivity index (χ2v) is 7.59. The molecule has 0 aliphatic rings. The van der Waals surface area contributed by atoms with Crippen LogP contribution in [0, 0.1) is 6.92 Å². The number of benzene rings is 2. The molecule has 0 aliphatic heterocycles. The average molecular weight is 386 g/mol. The van der Waals surface area contributed by atoms with Gasteiger partial charge in [0.25, 0.3) is 5.91 Å². The summed E-state index contributed by atoms with van der Waals surface area (Å²) < 4.78 is 5.30. The number of thioether (sulfide) groups is 1. The Hall–Kier alpha value is -2.27. The van der Waals surface area contributed by atoms with E-state index < -0.39 is 12.1 Å². The molecule has 2 aromatic rings. The molecule has 0 saturated heterocycles. The summed E-state index contributed by atoms with van der Waals surface area (Å²) in [4.78, 5) is 25.6. The van der Waals surface area contributed by atoms with Crippen molar-refractivity contribution in [2.24, 2.45) is 0 Å². The highest BCUT2D eigenvalue weighted by Gasteiger charge is 2.20. The van der Waals surface area contributed by atoms with Gasteiger partial charge in [0.05, 0.1) is 5.75 Å². The zero-order chi connectivity index (χ0) is 19.8. The van der Waals surface area contributed by atoms with Gasteiger partial charge in [-0.3, -0.25) is 9.59 Å². The first kappa shape index (κ1) is 21.0. The lowest BCUT2D eigenvalue weighted by atomic mass is 9.97. The standard InChI is InChI=1S/C22H27NO3S/c1-5-15(2)18-11-7-8-12-19(18)23-22(25)17(4)26-21(24)14-27-20-13-9-6-10-16(20)3/h6-13,15,17H,5,14H2,1-4H3,(H,23,25)/t15-,17-/m1/s1. The van der Waals surface area contributed by atoms with E-state index in [9.17, 15) is 9.59 Å². The Labute approximate surface area is 165 Å². The fourth-order valence-electron chi connectivity index (χ4n) is 2.63. The van der Waals surface area contributed by atoms with Crippen molar-refractivity contribution in [1.29, 1.82) is 0 Å². The molecular formula is C22H27NO3S. The smallest absolute Gasteiger partial charge is 0.317 e. The van der Waals surface area contributed by atoms with Crippen molar-refractivity contribution >= 4 is 29.3 Å². The van der Waals surface area contributed by atoms with Crippen LogP contribution in [0.4, 0.5) is 5.69 Å². The molecule has 0 unspecified atom stereocenters. The second-order valence-electron chi connectivity index (χ2n) is 6.57. The third-order valence-electron chi connectivity index (χ3n) is 4.48. The topological polar surface area (TPSA) is 55.4 Å². The molecule has 2 atom stereocenters. The zero-order valence-electron chi connectivity index (χ0n) is 16.3. The van der Waals surface area contributed by atoms with E-state index in [0.29, 0.717) is 5.92 Å². The van der Waals surface area contributed by atoms with Gasteiger partial charge in [-0.1, -0.05) is 50.2 Å². The van der Waals surface area contributed by atoms with Crippen LogP contribution in [-0.4, -0.2) is 23.7 Å². The predicted molar refractivity (Wildman–Crippen MR) is 111 cm³/mol. The van der Waals surface area contributed by atoms with Crippen LogP contribution in [0.3, 0.4) is 0 Å². The molecule has 1 amide bonds. The van der Waals surface area contributed by atoms with E-state index in [-0.39, 0.29) is 11.7 Å². The van der Waals surface area contributed by atoms with E-state index in [1.807, 2.05) is 55.5 Å². The summed E-state index contributed by atoms with van der Waals surface area (Å²) in [5.41, 5.74) is 2.97. The van der Waals surface area contributed by atoms with Gasteiger partial charge in [-0.25, -0.2) is 0 Å². The highest BCUT2D eigenvalue weighted by Crippen LogP contribution is 2.27. The van der Waals surface area contributed by atoms with E-state index in [4.69, 9.17) is 4.74 Å². The molecule has 0 heterocycles. The molecular weight excluding hydrogens is 358 g/mol. The molecule has 0 saturated carbocycles. The van der Waals surface area contributed by atoms with Gasteiger partial charge in [-0.05, 0) is 49.4 Å². The molecule has 2 aromatic carbocycles. The van der Waals surface area contributed by atoms with Crippen molar-refractivity contribution in [3.63, 3.8) is 0 Å². The summed E-state index contributed by atoms with van der Waals surface area (Å²) in [6, 6.07) is 15.6. The minimum atomic E-state index is -0.847. The number of amides is 1. The summed E-state index contributed by atoms with van der Waals surface area (Å²) in [5.74, 6) is -0.211. The largest absolute Gasteiger partial charge is 0.452 e. The van der Waals surface area contributed by atoms with Crippen molar-refractivity contribution in [3.8, 4) is 0 Å². The number of nitrogens with one attached hydrogen (secondary N) is 1. The van der Waals surface area contributed by atoms with Crippen LogP contribution in [0.15, 0.2) is 53.4 Å². The highest BCUT2D eigenvalue weighted by molar-refractivity contribution is 8.00. The quantitative estimate of drug-likeness (QED) is 0.503. The summed E-state index contributed by atoms with van der Waals surface area (Å²) in [7, 11) is 0. The minimum absolute atomic E-state index is 0.173. The van der Waals surface area contributed by atoms with Gasteiger partial charge in [0.15, 0.2) is 6.10 Å². The first-order valence-electron chi connectivity index (χ1n) is 9.20. The number of hydrogen-bond acceptors (Lipinski definition) is 4. The van der Waals surface area contributed by atoms with Crippen molar-refractivity contribution in [2.45, 2.75) is 51.0 Å². The number of anilines is 1. The first-order valence-corrected chi connectivity index (χ1v) is 10.2. The van der Waals surface area contributed by atoms with Gasteiger partial charge in [0, 0.05) is 10.6 Å². The van der Waals surface area contributed by atoms with E-state index in [0.717, 1.165) is 28.1 Å². The van der Waals surface area contributed by atoms with Crippen molar-refractivity contribution < 1.29 is 14.3 Å². The number of para-hydroxylation sites is 1. The normalized spacial score (nSPS) is 12.9. The number of ether oxygens (including phenoxy) is 1. The van der Waals surface area contributed by atoms with Gasteiger partial charge in [-0.2, -0.15) is 0 Å². The van der Waals surface area contributed by atoms with Gasteiger partial charge in [0.1, 0.15) is 0 Å². The molecule has 144 valence electrons. The van der Waals surface area contributed by atoms with Crippen LogP contribution < -0.4 is 5.32 Å². The Morgan fingerprint density at radius 2 is 1.74 bits per heavy atom. The lowest BCUT2D eigenvalue weighted by molar-refractivity contribution is -0.150. The molecule has 2 rings (SSSR count). The fraction of sp³-hybridized carbons (Fsp3) is 0.364. The van der Waals surface area contributed by atoms with Crippen LogP contribution in [0.1, 0.15) is 44.2 Å². The van der Waals surface area contributed by atoms with Gasteiger partial charge >= 0.3 is 5.97 Å². The van der Waals surface area contributed by atoms with E-state index in [1.165, 1.54) is 11.8 Å². The molecule has 4 nitrogen and oxygen atoms in total. The summed E-state index contributed by atoms with van der Waals surface area (Å²) in [5, 5.41) is 2.89. The second kappa shape index (κ2) is 10.2. The molecule has 0 radical (unpaired) electrons. The van der Waals surface area contributed by atoms with E-state index in [1.54, 1.807) is 6.92 Å². The molecule has 0 aliphatic carbocycles.